The number of benzene rings is 1. The predicted octanol–water partition coefficient (Wildman–Crippen LogP) is 4.35. The molecular weight excluding hydrogens is 384 g/mol. The molecule has 0 aliphatic heterocycles. The molecule has 1 saturated carbocycles. The molecule has 0 spiro atoms. The molecule has 1 aliphatic carbocycles. The molecule has 1 aromatic carbocycles. The predicted molar refractivity (Wildman–Crippen MR) is 117 cm³/mol. The molecule has 2 rings (SSSR count). The van der Waals surface area contributed by atoms with Gasteiger partial charge in [0.1, 0.15) is 17.8 Å². The molecule has 168 valence electrons. The highest BCUT2D eigenvalue weighted by atomic mass is 16.5. The smallest absolute Gasteiger partial charge is 0.330 e. The average molecular weight is 421 g/mol. The van der Waals surface area contributed by atoms with Crippen LogP contribution in [0.2, 0.25) is 0 Å². The number of carbonyl (C=O) groups excluding carboxylic acids is 2. The summed E-state index contributed by atoms with van der Waals surface area (Å²) in [6.45, 7) is 4.79. The average Bonchev–Trinajstić information content (AvgIpc) is 2.81. The molecule has 0 saturated heterocycles. The maximum atomic E-state index is 10.8. The van der Waals surface area contributed by atoms with Gasteiger partial charge in [0.25, 0.3) is 0 Å². The Morgan fingerprint density at radius 2 is 1.63 bits per heavy atom. The van der Waals surface area contributed by atoms with Crippen LogP contribution in [-0.4, -0.2) is 44.3 Å². The van der Waals surface area contributed by atoms with Gasteiger partial charge in [0.15, 0.2) is 0 Å². The van der Waals surface area contributed by atoms with Crippen LogP contribution in [0.1, 0.15) is 51.4 Å². The van der Waals surface area contributed by atoms with Crippen LogP contribution in [0.15, 0.2) is 36.9 Å². The zero-order chi connectivity index (χ0) is 22.0. The highest BCUT2D eigenvalue weighted by Gasteiger charge is 2.19. The van der Waals surface area contributed by atoms with Gasteiger partial charge in [-0.1, -0.05) is 6.58 Å². The van der Waals surface area contributed by atoms with Crippen molar-refractivity contribution in [3.05, 3.63) is 36.9 Å². The van der Waals surface area contributed by atoms with Crippen LogP contribution in [0.5, 0.6) is 11.5 Å². The number of esters is 1. The van der Waals surface area contributed by atoms with Crippen LogP contribution < -0.4 is 9.47 Å². The lowest BCUT2D eigenvalue weighted by atomic mass is 9.83. The molecular formula is C24H36O6. The van der Waals surface area contributed by atoms with Crippen LogP contribution >= 0.6 is 0 Å². The number of carbonyl (C=O) groups is 2. The van der Waals surface area contributed by atoms with E-state index in [1.165, 1.54) is 6.08 Å². The van der Waals surface area contributed by atoms with Gasteiger partial charge in [-0.25, -0.2) is 4.79 Å². The zero-order valence-corrected chi connectivity index (χ0v) is 18.1. The van der Waals surface area contributed by atoms with Crippen molar-refractivity contribution in [1.82, 2.24) is 0 Å². The molecule has 0 heterocycles. The largest absolute Gasteiger partial charge is 0.497 e. The van der Waals surface area contributed by atoms with E-state index in [0.717, 1.165) is 69.2 Å². The van der Waals surface area contributed by atoms with Crippen molar-refractivity contribution in [2.75, 3.05) is 26.9 Å². The van der Waals surface area contributed by atoms with E-state index >= 15 is 0 Å². The van der Waals surface area contributed by atoms with Gasteiger partial charge in [0.2, 0.25) is 0 Å². The van der Waals surface area contributed by atoms with E-state index in [-0.39, 0.29) is 11.9 Å². The van der Waals surface area contributed by atoms with E-state index in [9.17, 15) is 9.59 Å². The minimum Gasteiger partial charge on any atom is -0.497 e. The first-order valence-electron chi connectivity index (χ1n) is 10.7. The third kappa shape index (κ3) is 11.6. The Morgan fingerprint density at radius 3 is 2.17 bits per heavy atom. The summed E-state index contributed by atoms with van der Waals surface area (Å²) in [6, 6.07) is 7.55. The Kier molecular flexibility index (Phi) is 14.1. The number of unbranched alkanes of at least 4 members (excludes halogenated alkanes) is 3. The molecule has 1 fully saturated rings. The van der Waals surface area contributed by atoms with E-state index in [1.807, 2.05) is 24.3 Å². The number of methoxy groups -OCH3 is 1. The van der Waals surface area contributed by atoms with Gasteiger partial charge in [0, 0.05) is 18.6 Å². The lowest BCUT2D eigenvalue weighted by molar-refractivity contribution is -0.137. The first kappa shape index (κ1) is 25.7. The van der Waals surface area contributed by atoms with Crippen molar-refractivity contribution in [1.29, 1.82) is 0 Å². The highest BCUT2D eigenvalue weighted by Crippen LogP contribution is 2.26. The fourth-order valence-corrected chi connectivity index (χ4v) is 3.16. The Labute approximate surface area is 180 Å². The SMILES string of the molecule is C=CC(=O)OCCCCCCOc1ccc(OC)cc1.O=CC1CCC(CO)CC1. The summed E-state index contributed by atoms with van der Waals surface area (Å²) < 4.78 is 15.6. The number of hydrogen-bond donors (Lipinski definition) is 1. The topological polar surface area (TPSA) is 82.1 Å². The van der Waals surface area contributed by atoms with Crippen molar-refractivity contribution < 1.29 is 28.9 Å². The summed E-state index contributed by atoms with van der Waals surface area (Å²) in [5.74, 6) is 2.07. The molecule has 0 aromatic heterocycles. The number of aldehydes is 1. The maximum absolute atomic E-state index is 10.8. The van der Waals surface area contributed by atoms with Crippen molar-refractivity contribution in [2.45, 2.75) is 51.4 Å². The van der Waals surface area contributed by atoms with Gasteiger partial charge in [0.05, 0.1) is 20.3 Å². The standard InChI is InChI=1S/C16H22O4.C8H14O2/c1-3-16(17)20-13-7-5-4-6-12-19-15-10-8-14(18-2)9-11-15;9-5-7-1-2-8(6-10)4-3-7/h3,8-11H,1,4-7,12-13H2,2H3;5,7-8,10H,1-4,6H2. The van der Waals surface area contributed by atoms with Gasteiger partial charge in [-0.2, -0.15) is 0 Å². The maximum Gasteiger partial charge on any atom is 0.330 e. The first-order chi connectivity index (χ1) is 14.6. The number of rotatable bonds is 12. The zero-order valence-electron chi connectivity index (χ0n) is 18.1. The number of hydrogen-bond acceptors (Lipinski definition) is 6. The monoisotopic (exact) mass is 420 g/mol. The fraction of sp³-hybridized carbons (Fsp3) is 0.583. The second-order valence-corrected chi connectivity index (χ2v) is 7.41. The minimum atomic E-state index is -0.354. The molecule has 0 amide bonds. The van der Waals surface area contributed by atoms with Crippen LogP contribution in [0, 0.1) is 11.8 Å². The van der Waals surface area contributed by atoms with Crippen LogP contribution in [0.4, 0.5) is 0 Å². The van der Waals surface area contributed by atoms with E-state index in [4.69, 9.17) is 19.3 Å². The van der Waals surface area contributed by atoms with Crippen molar-refractivity contribution in [3.8, 4) is 11.5 Å². The minimum absolute atomic E-state index is 0.280. The number of aliphatic hydroxyl groups is 1. The van der Waals surface area contributed by atoms with Crippen molar-refractivity contribution in [2.24, 2.45) is 11.8 Å². The molecule has 0 unspecified atom stereocenters. The third-order valence-corrected chi connectivity index (χ3v) is 5.12. The van der Waals surface area contributed by atoms with E-state index in [1.54, 1.807) is 7.11 Å². The fourth-order valence-electron chi connectivity index (χ4n) is 3.16. The van der Waals surface area contributed by atoms with Crippen LogP contribution in [-0.2, 0) is 14.3 Å². The first-order valence-corrected chi connectivity index (χ1v) is 10.7. The van der Waals surface area contributed by atoms with E-state index < -0.39 is 0 Å². The second kappa shape index (κ2) is 16.5. The number of aliphatic hydroxyl groups excluding tert-OH is 1. The summed E-state index contributed by atoms with van der Waals surface area (Å²) in [7, 11) is 1.64. The Bertz CT molecular complexity index is 590. The molecule has 1 aliphatic rings. The molecule has 0 radical (unpaired) electrons. The lowest BCUT2D eigenvalue weighted by Crippen LogP contribution is -2.17. The van der Waals surface area contributed by atoms with Crippen LogP contribution in [0.25, 0.3) is 0 Å². The summed E-state index contributed by atoms with van der Waals surface area (Å²) in [5, 5.41) is 8.76. The van der Waals surface area contributed by atoms with Gasteiger partial charge in [-0.05, 0) is 81.5 Å². The van der Waals surface area contributed by atoms with E-state index in [2.05, 4.69) is 6.58 Å². The molecule has 30 heavy (non-hydrogen) atoms. The molecule has 1 aromatic rings. The van der Waals surface area contributed by atoms with Gasteiger partial charge < -0.3 is 24.1 Å². The molecule has 6 heteroatoms. The van der Waals surface area contributed by atoms with Crippen molar-refractivity contribution >= 4 is 12.3 Å². The quantitative estimate of drug-likeness (QED) is 0.234. The second-order valence-electron chi connectivity index (χ2n) is 7.41. The molecule has 0 bridgehead atoms. The van der Waals surface area contributed by atoms with Gasteiger partial charge >= 0.3 is 5.97 Å². The summed E-state index contributed by atoms with van der Waals surface area (Å²) in [4.78, 5) is 21.1. The third-order valence-electron chi connectivity index (χ3n) is 5.12. The summed E-state index contributed by atoms with van der Waals surface area (Å²) in [5.41, 5.74) is 0. The highest BCUT2D eigenvalue weighted by molar-refractivity contribution is 5.81. The Balaban J connectivity index is 0.000000375. The van der Waals surface area contributed by atoms with Gasteiger partial charge in [-0.3, -0.25) is 0 Å². The molecule has 0 atom stereocenters. The molecule has 6 nitrogen and oxygen atoms in total. The lowest BCUT2D eigenvalue weighted by Gasteiger charge is -2.23. The Morgan fingerprint density at radius 1 is 1.03 bits per heavy atom. The van der Waals surface area contributed by atoms with E-state index in [0.29, 0.717) is 25.7 Å². The van der Waals surface area contributed by atoms with Gasteiger partial charge in [-0.15, -0.1) is 0 Å². The Hall–Kier alpha value is -2.34. The summed E-state index contributed by atoms with van der Waals surface area (Å²) in [6.07, 6.45) is 10.2. The normalized spacial score (nSPS) is 17.8. The van der Waals surface area contributed by atoms with Crippen LogP contribution in [0.3, 0.4) is 0 Å². The van der Waals surface area contributed by atoms with Crippen molar-refractivity contribution in [3.63, 3.8) is 0 Å². The number of ether oxygens (including phenoxy) is 3. The molecule has 1 N–H and O–H groups in total. The summed E-state index contributed by atoms with van der Waals surface area (Å²) >= 11 is 0.